The van der Waals surface area contributed by atoms with Crippen LogP contribution in [0.2, 0.25) is 0 Å². The first-order valence-electron chi connectivity index (χ1n) is 4.99. The average Bonchev–Trinajstić information content (AvgIpc) is 2.17. The zero-order valence-corrected chi connectivity index (χ0v) is 9.33. The van der Waals surface area contributed by atoms with E-state index < -0.39 is 0 Å². The van der Waals surface area contributed by atoms with Gasteiger partial charge in [0.25, 0.3) is 0 Å². The van der Waals surface area contributed by atoms with Gasteiger partial charge in [-0.25, -0.2) is 9.98 Å². The van der Waals surface area contributed by atoms with Gasteiger partial charge in [0, 0.05) is 20.6 Å². The second-order valence-corrected chi connectivity index (χ2v) is 3.36. The Kier molecular flexibility index (Phi) is 3.73. The number of nitrogens with zero attached hydrogens (tertiary/aromatic N) is 3. The van der Waals surface area contributed by atoms with Crippen LogP contribution in [-0.4, -0.2) is 43.6 Å². The highest BCUT2D eigenvalue weighted by Crippen LogP contribution is 2.00. The Morgan fingerprint density at radius 2 is 2.21 bits per heavy atom. The Morgan fingerprint density at radius 1 is 1.50 bits per heavy atom. The third kappa shape index (κ3) is 2.61. The van der Waals surface area contributed by atoms with Gasteiger partial charge in [0.15, 0.2) is 5.96 Å². The van der Waals surface area contributed by atoms with Crippen LogP contribution in [0.1, 0.15) is 20.3 Å². The summed E-state index contributed by atoms with van der Waals surface area (Å²) in [5.41, 5.74) is 0. The van der Waals surface area contributed by atoms with Crippen LogP contribution in [0.4, 0.5) is 0 Å². The molecule has 0 spiro atoms. The summed E-state index contributed by atoms with van der Waals surface area (Å²) in [5.74, 6) is 1.67. The van der Waals surface area contributed by atoms with Gasteiger partial charge >= 0.3 is 0 Å². The monoisotopic (exact) mass is 197 g/mol. The number of nitrogens with one attached hydrogen (secondary N) is 2. The first-order chi connectivity index (χ1) is 6.67. The van der Waals surface area contributed by atoms with Gasteiger partial charge in [0.1, 0.15) is 6.17 Å². The number of aliphatic imine (C=N–C) groups is 2. The Bertz CT molecular complexity index is 246. The minimum absolute atomic E-state index is 0.00648. The van der Waals surface area contributed by atoms with E-state index in [0.717, 1.165) is 24.9 Å². The molecule has 0 aromatic heterocycles. The van der Waals surface area contributed by atoms with Crippen LogP contribution >= 0.6 is 0 Å². The van der Waals surface area contributed by atoms with Crippen LogP contribution < -0.4 is 10.6 Å². The average molecular weight is 197 g/mol. The van der Waals surface area contributed by atoms with E-state index >= 15 is 0 Å². The summed E-state index contributed by atoms with van der Waals surface area (Å²) >= 11 is 0. The SMILES string of the molecule is CCCN(C)C1=NC(C)N=C(NC)N1. The maximum absolute atomic E-state index is 4.40. The first kappa shape index (κ1) is 10.8. The van der Waals surface area contributed by atoms with Crippen LogP contribution in [0.25, 0.3) is 0 Å². The second kappa shape index (κ2) is 4.83. The van der Waals surface area contributed by atoms with Crippen molar-refractivity contribution in [2.45, 2.75) is 26.4 Å². The fourth-order valence-electron chi connectivity index (χ4n) is 1.33. The lowest BCUT2D eigenvalue weighted by molar-refractivity contribution is 0.479. The summed E-state index contributed by atoms with van der Waals surface area (Å²) < 4.78 is 0. The molecular formula is C9H19N5. The lowest BCUT2D eigenvalue weighted by atomic mass is 10.4. The molecule has 0 fully saturated rings. The van der Waals surface area contributed by atoms with Gasteiger partial charge in [0.05, 0.1) is 0 Å². The third-order valence-electron chi connectivity index (χ3n) is 2.01. The van der Waals surface area contributed by atoms with Crippen molar-refractivity contribution >= 4 is 11.9 Å². The topological polar surface area (TPSA) is 52.0 Å². The lowest BCUT2D eigenvalue weighted by Crippen LogP contribution is -2.49. The van der Waals surface area contributed by atoms with Crippen molar-refractivity contribution in [3.8, 4) is 0 Å². The van der Waals surface area contributed by atoms with E-state index in [-0.39, 0.29) is 6.17 Å². The molecule has 0 amide bonds. The van der Waals surface area contributed by atoms with Gasteiger partial charge in [-0.15, -0.1) is 0 Å². The van der Waals surface area contributed by atoms with Crippen molar-refractivity contribution in [1.29, 1.82) is 0 Å². The molecule has 1 aliphatic heterocycles. The maximum atomic E-state index is 4.40. The van der Waals surface area contributed by atoms with Crippen LogP contribution in [0.3, 0.4) is 0 Å². The van der Waals surface area contributed by atoms with Crippen molar-refractivity contribution < 1.29 is 0 Å². The van der Waals surface area contributed by atoms with Gasteiger partial charge in [-0.05, 0) is 13.3 Å². The lowest BCUT2D eigenvalue weighted by Gasteiger charge is -2.26. The van der Waals surface area contributed by atoms with Crippen molar-refractivity contribution in [2.75, 3.05) is 20.6 Å². The summed E-state index contributed by atoms with van der Waals surface area (Å²) in [7, 11) is 3.88. The maximum Gasteiger partial charge on any atom is 0.202 e. The van der Waals surface area contributed by atoms with E-state index in [0.29, 0.717) is 0 Å². The van der Waals surface area contributed by atoms with Crippen molar-refractivity contribution in [1.82, 2.24) is 15.5 Å². The highest BCUT2D eigenvalue weighted by atomic mass is 15.4. The smallest absolute Gasteiger partial charge is 0.202 e. The van der Waals surface area contributed by atoms with E-state index in [9.17, 15) is 0 Å². The third-order valence-corrected chi connectivity index (χ3v) is 2.01. The molecule has 0 saturated heterocycles. The molecule has 0 saturated carbocycles. The first-order valence-corrected chi connectivity index (χ1v) is 4.99. The minimum atomic E-state index is -0.00648. The van der Waals surface area contributed by atoms with E-state index in [1.807, 2.05) is 21.0 Å². The molecule has 5 nitrogen and oxygen atoms in total. The Hall–Kier alpha value is -1.26. The zero-order chi connectivity index (χ0) is 10.6. The summed E-state index contributed by atoms with van der Waals surface area (Å²) in [6.07, 6.45) is 1.10. The van der Waals surface area contributed by atoms with Crippen LogP contribution in [-0.2, 0) is 0 Å². The normalized spacial score (nSPS) is 20.7. The Balaban J connectivity index is 2.63. The summed E-state index contributed by atoms with van der Waals surface area (Å²) in [5, 5.41) is 6.13. The summed E-state index contributed by atoms with van der Waals surface area (Å²) in [6.45, 7) is 5.11. The minimum Gasteiger partial charge on any atom is -0.359 e. The number of hydrogen-bond donors (Lipinski definition) is 2. The molecule has 1 aliphatic rings. The van der Waals surface area contributed by atoms with Crippen LogP contribution in [0.5, 0.6) is 0 Å². The van der Waals surface area contributed by atoms with Gasteiger partial charge < -0.3 is 10.2 Å². The molecule has 80 valence electrons. The van der Waals surface area contributed by atoms with Gasteiger partial charge in [-0.1, -0.05) is 6.92 Å². The van der Waals surface area contributed by atoms with Crippen LogP contribution in [0.15, 0.2) is 9.98 Å². The fourth-order valence-corrected chi connectivity index (χ4v) is 1.33. The molecular weight excluding hydrogens is 178 g/mol. The van der Waals surface area contributed by atoms with Gasteiger partial charge in [0.2, 0.25) is 5.96 Å². The Labute approximate surface area is 85.3 Å². The van der Waals surface area contributed by atoms with Crippen molar-refractivity contribution in [2.24, 2.45) is 9.98 Å². The molecule has 5 heteroatoms. The summed E-state index contributed by atoms with van der Waals surface area (Å²) in [4.78, 5) is 10.8. The van der Waals surface area contributed by atoms with E-state index in [2.05, 4.69) is 32.4 Å². The van der Waals surface area contributed by atoms with Crippen molar-refractivity contribution in [3.63, 3.8) is 0 Å². The molecule has 1 atom stereocenters. The molecule has 0 aliphatic carbocycles. The summed E-state index contributed by atoms with van der Waals surface area (Å²) in [6, 6.07) is 0. The van der Waals surface area contributed by atoms with Crippen molar-refractivity contribution in [3.05, 3.63) is 0 Å². The fraction of sp³-hybridized carbons (Fsp3) is 0.778. The number of guanidine groups is 2. The molecule has 1 heterocycles. The number of rotatable bonds is 2. The molecule has 1 unspecified atom stereocenters. The standard InChI is InChI=1S/C9H19N5/c1-5-6-14(4)9-12-7(2)11-8(10-3)13-9/h7H,5-6H2,1-4H3,(H2,10,11,12,13). The van der Waals surface area contributed by atoms with Gasteiger partial charge in [-0.2, -0.15) is 0 Å². The predicted octanol–water partition coefficient (Wildman–Crippen LogP) is 0.209. The van der Waals surface area contributed by atoms with Crippen LogP contribution in [0, 0.1) is 0 Å². The molecule has 0 radical (unpaired) electrons. The highest BCUT2D eigenvalue weighted by Gasteiger charge is 2.14. The number of hydrogen-bond acceptors (Lipinski definition) is 5. The second-order valence-electron chi connectivity index (χ2n) is 3.36. The quantitative estimate of drug-likeness (QED) is 0.665. The van der Waals surface area contributed by atoms with E-state index in [1.165, 1.54) is 0 Å². The largest absolute Gasteiger partial charge is 0.359 e. The molecule has 2 N–H and O–H groups in total. The molecule has 0 bridgehead atoms. The molecule has 1 rings (SSSR count). The predicted molar refractivity (Wildman–Crippen MR) is 59.4 cm³/mol. The molecule has 14 heavy (non-hydrogen) atoms. The highest BCUT2D eigenvalue weighted by molar-refractivity contribution is 5.99. The van der Waals surface area contributed by atoms with E-state index in [4.69, 9.17) is 0 Å². The Morgan fingerprint density at radius 3 is 2.79 bits per heavy atom. The van der Waals surface area contributed by atoms with E-state index in [1.54, 1.807) is 0 Å². The molecule has 0 aromatic rings. The molecule has 0 aromatic carbocycles. The van der Waals surface area contributed by atoms with Gasteiger partial charge in [-0.3, -0.25) is 5.32 Å². The zero-order valence-electron chi connectivity index (χ0n) is 9.33.